The first kappa shape index (κ1) is 11.9. The van der Waals surface area contributed by atoms with E-state index in [0.29, 0.717) is 17.6 Å². The van der Waals surface area contributed by atoms with Gasteiger partial charge < -0.3 is 4.74 Å². The summed E-state index contributed by atoms with van der Waals surface area (Å²) < 4.78 is 5.19. The van der Waals surface area contributed by atoms with E-state index in [2.05, 4.69) is 0 Å². The highest BCUT2D eigenvalue weighted by Crippen LogP contribution is 2.13. The standard InChI is InChI=1S/C12H11NO3/c1-2-11(15)12(8-14)16-10-5-3-9(7-13)4-6-10/h3-6,8,12H,2H2,1H3. The SMILES string of the molecule is CCC(=O)C(C=O)Oc1ccc(C#N)cc1. The smallest absolute Gasteiger partial charge is 0.211 e. The van der Waals surface area contributed by atoms with Crippen LogP contribution < -0.4 is 4.74 Å². The van der Waals surface area contributed by atoms with E-state index < -0.39 is 6.10 Å². The van der Waals surface area contributed by atoms with Crippen molar-refractivity contribution >= 4 is 12.1 Å². The minimum absolute atomic E-state index is 0.250. The van der Waals surface area contributed by atoms with E-state index in [9.17, 15) is 9.59 Å². The van der Waals surface area contributed by atoms with E-state index in [4.69, 9.17) is 10.00 Å². The molecule has 0 bridgehead atoms. The zero-order valence-electron chi connectivity index (χ0n) is 8.84. The number of aldehydes is 1. The van der Waals surface area contributed by atoms with Crippen molar-refractivity contribution in [1.82, 2.24) is 0 Å². The van der Waals surface area contributed by atoms with Gasteiger partial charge in [0.1, 0.15) is 5.75 Å². The Morgan fingerprint density at radius 3 is 2.56 bits per heavy atom. The molecule has 4 nitrogen and oxygen atoms in total. The van der Waals surface area contributed by atoms with E-state index in [1.807, 2.05) is 6.07 Å². The highest BCUT2D eigenvalue weighted by molar-refractivity contribution is 5.96. The number of hydrogen-bond donors (Lipinski definition) is 0. The maximum Gasteiger partial charge on any atom is 0.211 e. The van der Waals surface area contributed by atoms with Crippen molar-refractivity contribution < 1.29 is 14.3 Å². The molecule has 0 aliphatic heterocycles. The Morgan fingerprint density at radius 1 is 1.50 bits per heavy atom. The summed E-state index contributed by atoms with van der Waals surface area (Å²) in [7, 11) is 0. The summed E-state index contributed by atoms with van der Waals surface area (Å²) in [5.74, 6) is 0.136. The molecule has 0 radical (unpaired) electrons. The normalized spacial score (nSPS) is 11.2. The molecule has 4 heteroatoms. The van der Waals surface area contributed by atoms with E-state index in [-0.39, 0.29) is 12.2 Å². The molecule has 0 saturated heterocycles. The minimum atomic E-state index is -1.06. The van der Waals surface area contributed by atoms with Crippen molar-refractivity contribution in [2.24, 2.45) is 0 Å². The van der Waals surface area contributed by atoms with Crippen LogP contribution in [0.4, 0.5) is 0 Å². The first-order valence-corrected chi connectivity index (χ1v) is 4.86. The second kappa shape index (κ2) is 5.66. The predicted octanol–water partition coefficient (Wildman–Crippen LogP) is 1.48. The molecule has 82 valence electrons. The van der Waals surface area contributed by atoms with Crippen LogP contribution in [0.2, 0.25) is 0 Å². The van der Waals surface area contributed by atoms with Crippen LogP contribution in [0.1, 0.15) is 18.9 Å². The lowest BCUT2D eigenvalue weighted by molar-refractivity contribution is -0.130. The quantitative estimate of drug-likeness (QED) is 0.553. The third-order valence-corrected chi connectivity index (χ3v) is 2.04. The molecule has 0 aromatic heterocycles. The van der Waals surface area contributed by atoms with Gasteiger partial charge in [0.15, 0.2) is 12.1 Å². The van der Waals surface area contributed by atoms with Crippen molar-refractivity contribution in [1.29, 1.82) is 5.26 Å². The van der Waals surface area contributed by atoms with E-state index in [1.54, 1.807) is 31.2 Å². The predicted molar refractivity (Wildman–Crippen MR) is 56.9 cm³/mol. The first-order chi connectivity index (χ1) is 7.71. The molecule has 0 fully saturated rings. The third kappa shape index (κ3) is 2.92. The molecule has 1 rings (SSSR count). The van der Waals surface area contributed by atoms with Crippen LogP contribution in [0.25, 0.3) is 0 Å². The molecule has 1 aromatic carbocycles. The number of rotatable bonds is 5. The van der Waals surface area contributed by atoms with Crippen LogP contribution in [-0.2, 0) is 9.59 Å². The zero-order valence-corrected chi connectivity index (χ0v) is 8.84. The number of Topliss-reactive ketones (excluding diaryl/α,β-unsaturated/α-hetero) is 1. The average molecular weight is 217 g/mol. The number of ketones is 1. The Hall–Kier alpha value is -2.15. The van der Waals surface area contributed by atoms with Crippen LogP contribution in [0.3, 0.4) is 0 Å². The zero-order chi connectivity index (χ0) is 12.0. The van der Waals surface area contributed by atoms with Gasteiger partial charge in [-0.05, 0) is 24.3 Å². The summed E-state index contributed by atoms with van der Waals surface area (Å²) in [5.41, 5.74) is 0.497. The van der Waals surface area contributed by atoms with Gasteiger partial charge in [-0.25, -0.2) is 0 Å². The maximum absolute atomic E-state index is 11.3. The van der Waals surface area contributed by atoms with Gasteiger partial charge in [-0.1, -0.05) is 6.92 Å². The summed E-state index contributed by atoms with van der Waals surface area (Å²) in [6, 6.07) is 8.20. The summed E-state index contributed by atoms with van der Waals surface area (Å²) in [4.78, 5) is 21.9. The van der Waals surface area contributed by atoms with Gasteiger partial charge in [-0.15, -0.1) is 0 Å². The van der Waals surface area contributed by atoms with Crippen LogP contribution >= 0.6 is 0 Å². The average Bonchev–Trinajstić information content (AvgIpc) is 2.35. The van der Waals surface area contributed by atoms with Crippen LogP contribution in [0.15, 0.2) is 24.3 Å². The van der Waals surface area contributed by atoms with E-state index in [1.165, 1.54) is 0 Å². The molecule has 1 atom stereocenters. The van der Waals surface area contributed by atoms with Gasteiger partial charge in [0.2, 0.25) is 6.10 Å². The van der Waals surface area contributed by atoms with Crippen molar-refractivity contribution in [3.8, 4) is 11.8 Å². The van der Waals surface area contributed by atoms with Gasteiger partial charge in [-0.3, -0.25) is 9.59 Å². The fourth-order valence-corrected chi connectivity index (χ4v) is 1.13. The van der Waals surface area contributed by atoms with Gasteiger partial charge in [0, 0.05) is 6.42 Å². The van der Waals surface area contributed by atoms with Crippen molar-refractivity contribution in [3.05, 3.63) is 29.8 Å². The molecule has 0 aliphatic carbocycles. The fraction of sp³-hybridized carbons (Fsp3) is 0.250. The van der Waals surface area contributed by atoms with Gasteiger partial charge in [-0.2, -0.15) is 5.26 Å². The minimum Gasteiger partial charge on any atom is -0.475 e. The Labute approximate surface area is 93.5 Å². The monoisotopic (exact) mass is 217 g/mol. The molecule has 0 aliphatic rings. The molecular formula is C12H11NO3. The topological polar surface area (TPSA) is 67.2 Å². The molecule has 1 aromatic rings. The Morgan fingerprint density at radius 2 is 2.12 bits per heavy atom. The van der Waals surface area contributed by atoms with Gasteiger partial charge in [0.25, 0.3) is 0 Å². The highest BCUT2D eigenvalue weighted by atomic mass is 16.5. The molecule has 1 unspecified atom stereocenters. The molecule has 0 heterocycles. The number of ether oxygens (including phenoxy) is 1. The molecule has 16 heavy (non-hydrogen) atoms. The first-order valence-electron chi connectivity index (χ1n) is 4.86. The number of benzene rings is 1. The van der Waals surface area contributed by atoms with Crippen LogP contribution in [0.5, 0.6) is 5.75 Å². The molecule has 0 saturated carbocycles. The Bertz CT molecular complexity index is 417. The van der Waals surface area contributed by atoms with Crippen LogP contribution in [-0.4, -0.2) is 18.2 Å². The molecule has 0 N–H and O–H groups in total. The molecule has 0 amide bonds. The Balaban J connectivity index is 2.75. The summed E-state index contributed by atoms with van der Waals surface area (Å²) in [6.07, 6.45) is -0.332. The molecule has 0 spiro atoms. The van der Waals surface area contributed by atoms with Crippen molar-refractivity contribution in [2.75, 3.05) is 0 Å². The largest absolute Gasteiger partial charge is 0.475 e. The Kier molecular flexibility index (Phi) is 4.22. The van der Waals surface area contributed by atoms with Gasteiger partial charge >= 0.3 is 0 Å². The van der Waals surface area contributed by atoms with Crippen LogP contribution in [0, 0.1) is 11.3 Å². The summed E-state index contributed by atoms with van der Waals surface area (Å²) >= 11 is 0. The number of carbonyl (C=O) groups excluding carboxylic acids is 2. The third-order valence-electron chi connectivity index (χ3n) is 2.04. The maximum atomic E-state index is 11.3. The van der Waals surface area contributed by atoms with E-state index >= 15 is 0 Å². The number of carbonyl (C=O) groups is 2. The number of nitrogens with zero attached hydrogens (tertiary/aromatic N) is 1. The van der Waals surface area contributed by atoms with Crippen molar-refractivity contribution in [2.45, 2.75) is 19.4 Å². The second-order valence-corrected chi connectivity index (χ2v) is 3.13. The lowest BCUT2D eigenvalue weighted by Gasteiger charge is -2.11. The summed E-state index contributed by atoms with van der Waals surface area (Å²) in [5, 5.41) is 8.58. The lowest BCUT2D eigenvalue weighted by Crippen LogP contribution is -2.28. The van der Waals surface area contributed by atoms with E-state index in [0.717, 1.165) is 0 Å². The fourth-order valence-electron chi connectivity index (χ4n) is 1.13. The highest BCUT2D eigenvalue weighted by Gasteiger charge is 2.17. The van der Waals surface area contributed by atoms with Crippen molar-refractivity contribution in [3.63, 3.8) is 0 Å². The second-order valence-electron chi connectivity index (χ2n) is 3.13. The number of nitriles is 1. The summed E-state index contributed by atoms with van der Waals surface area (Å²) in [6.45, 7) is 1.67. The number of hydrogen-bond acceptors (Lipinski definition) is 4. The van der Waals surface area contributed by atoms with Gasteiger partial charge in [0.05, 0.1) is 11.6 Å². The molecular weight excluding hydrogens is 206 g/mol. The lowest BCUT2D eigenvalue weighted by atomic mass is 10.2.